The first-order valence-electron chi connectivity index (χ1n) is 12.2. The molecule has 0 bridgehead atoms. The summed E-state index contributed by atoms with van der Waals surface area (Å²) in [7, 11) is 0. The summed E-state index contributed by atoms with van der Waals surface area (Å²) in [6, 6.07) is 8.00. The van der Waals surface area contributed by atoms with Gasteiger partial charge in [-0.05, 0) is 69.2 Å². The molecule has 0 atom stereocenters. The number of nitrogens with zero attached hydrogens (tertiary/aromatic N) is 1. The Morgan fingerprint density at radius 2 is 1.82 bits per heavy atom. The van der Waals surface area contributed by atoms with Crippen molar-refractivity contribution in [1.29, 1.82) is 0 Å². The molecule has 0 aliphatic carbocycles. The van der Waals surface area contributed by atoms with Crippen LogP contribution in [0.25, 0.3) is 0 Å². The van der Waals surface area contributed by atoms with Crippen LogP contribution in [-0.4, -0.2) is 35.5 Å². The highest BCUT2D eigenvalue weighted by Crippen LogP contribution is 2.20. The molecule has 0 saturated heterocycles. The molecule has 34 heavy (non-hydrogen) atoms. The highest BCUT2D eigenvalue weighted by molar-refractivity contribution is 5.81. The van der Waals surface area contributed by atoms with Crippen LogP contribution in [-0.2, 0) is 20.9 Å². The van der Waals surface area contributed by atoms with E-state index in [1.165, 1.54) is 0 Å². The molecule has 0 saturated carbocycles. The number of carbonyl (C=O) groups is 2. The molecule has 0 unspecified atom stereocenters. The SMILES string of the molecule is C=C/C(C)=C(\C=C)N(Cc1ccccc1C)C(=O)CCNC(=O)CCC(C)(C)OCCC(C)C. The average Bonchev–Trinajstić information content (AvgIpc) is 2.78. The quantitative estimate of drug-likeness (QED) is 0.317. The number of carbonyl (C=O) groups excluding carboxylic acids is 2. The van der Waals surface area contributed by atoms with Crippen molar-refractivity contribution in [3.8, 4) is 0 Å². The number of allylic oxidation sites excluding steroid dienone is 3. The van der Waals surface area contributed by atoms with Crippen molar-refractivity contribution in [3.05, 3.63) is 72.0 Å². The van der Waals surface area contributed by atoms with Crippen molar-refractivity contribution in [1.82, 2.24) is 10.2 Å². The zero-order chi connectivity index (χ0) is 25.7. The molecule has 0 fully saturated rings. The van der Waals surface area contributed by atoms with Crippen LogP contribution >= 0.6 is 0 Å². The minimum atomic E-state index is -0.349. The molecule has 0 aliphatic rings. The molecule has 5 heteroatoms. The number of benzene rings is 1. The number of amides is 2. The average molecular weight is 469 g/mol. The molecule has 1 N–H and O–H groups in total. The summed E-state index contributed by atoms with van der Waals surface area (Å²) >= 11 is 0. The first-order valence-corrected chi connectivity index (χ1v) is 12.2. The van der Waals surface area contributed by atoms with E-state index in [9.17, 15) is 9.59 Å². The topological polar surface area (TPSA) is 58.6 Å². The Balaban J connectivity index is 2.70. The highest BCUT2D eigenvalue weighted by atomic mass is 16.5. The van der Waals surface area contributed by atoms with E-state index in [0.717, 1.165) is 28.8 Å². The van der Waals surface area contributed by atoms with Gasteiger partial charge < -0.3 is 15.0 Å². The van der Waals surface area contributed by atoms with Crippen molar-refractivity contribution in [2.45, 2.75) is 79.4 Å². The molecule has 1 aromatic rings. The zero-order valence-electron chi connectivity index (χ0n) is 22.1. The van der Waals surface area contributed by atoms with E-state index in [1.807, 2.05) is 52.0 Å². The summed E-state index contributed by atoms with van der Waals surface area (Å²) < 4.78 is 5.94. The molecule has 1 aromatic carbocycles. The summed E-state index contributed by atoms with van der Waals surface area (Å²) in [5, 5.41) is 2.89. The molecular formula is C29H44N2O3. The summed E-state index contributed by atoms with van der Waals surface area (Å²) in [6.07, 6.45) is 5.61. The lowest BCUT2D eigenvalue weighted by atomic mass is 10.0. The van der Waals surface area contributed by atoms with Crippen molar-refractivity contribution >= 4 is 11.8 Å². The van der Waals surface area contributed by atoms with Gasteiger partial charge in [-0.1, -0.05) is 57.3 Å². The van der Waals surface area contributed by atoms with Crippen molar-refractivity contribution < 1.29 is 14.3 Å². The Morgan fingerprint density at radius 1 is 1.15 bits per heavy atom. The molecule has 0 aliphatic heterocycles. The van der Waals surface area contributed by atoms with Crippen LogP contribution in [0.15, 0.2) is 60.8 Å². The van der Waals surface area contributed by atoms with E-state index < -0.39 is 0 Å². The van der Waals surface area contributed by atoms with Crippen LogP contribution < -0.4 is 5.32 Å². The number of ether oxygens (including phenoxy) is 1. The number of rotatable bonds is 15. The van der Waals surface area contributed by atoms with Gasteiger partial charge in [0.25, 0.3) is 0 Å². The summed E-state index contributed by atoms with van der Waals surface area (Å²) in [4.78, 5) is 27.3. The van der Waals surface area contributed by atoms with Gasteiger partial charge in [0.1, 0.15) is 0 Å². The predicted molar refractivity (Wildman–Crippen MR) is 141 cm³/mol. The molecule has 0 heterocycles. The van der Waals surface area contributed by atoms with E-state index in [-0.39, 0.29) is 30.4 Å². The molecule has 0 aromatic heterocycles. The molecule has 1 rings (SSSR count). The van der Waals surface area contributed by atoms with E-state index in [1.54, 1.807) is 17.1 Å². The summed E-state index contributed by atoms with van der Waals surface area (Å²) in [6.45, 7) is 21.5. The number of hydrogen-bond acceptors (Lipinski definition) is 3. The van der Waals surface area contributed by atoms with Gasteiger partial charge in [-0.2, -0.15) is 0 Å². The van der Waals surface area contributed by atoms with Crippen LogP contribution in [0.1, 0.15) is 71.4 Å². The Hall–Kier alpha value is -2.66. The smallest absolute Gasteiger partial charge is 0.229 e. The van der Waals surface area contributed by atoms with E-state index in [0.29, 0.717) is 31.9 Å². The lowest BCUT2D eigenvalue weighted by Gasteiger charge is -2.26. The van der Waals surface area contributed by atoms with Crippen molar-refractivity contribution in [2.75, 3.05) is 13.2 Å². The van der Waals surface area contributed by atoms with Crippen LogP contribution in [0.4, 0.5) is 0 Å². The normalized spacial score (nSPS) is 12.2. The lowest BCUT2D eigenvalue weighted by molar-refractivity contribution is -0.129. The second-order valence-electron chi connectivity index (χ2n) is 9.77. The Labute approximate surface area is 207 Å². The van der Waals surface area contributed by atoms with E-state index in [2.05, 4.69) is 32.3 Å². The molecule has 5 nitrogen and oxygen atoms in total. The predicted octanol–water partition coefficient (Wildman–Crippen LogP) is 6.10. The zero-order valence-corrected chi connectivity index (χ0v) is 22.1. The van der Waals surface area contributed by atoms with Crippen LogP contribution in [0.2, 0.25) is 0 Å². The fourth-order valence-electron chi connectivity index (χ4n) is 3.44. The van der Waals surface area contributed by atoms with Gasteiger partial charge in [0.15, 0.2) is 0 Å². The number of hydrogen-bond donors (Lipinski definition) is 1. The highest BCUT2D eigenvalue weighted by Gasteiger charge is 2.21. The minimum absolute atomic E-state index is 0.0689. The van der Waals surface area contributed by atoms with Gasteiger partial charge in [-0.15, -0.1) is 0 Å². The van der Waals surface area contributed by atoms with Crippen molar-refractivity contribution in [2.24, 2.45) is 5.92 Å². The molecular weight excluding hydrogens is 424 g/mol. The molecule has 2 amide bonds. The third-order valence-corrected chi connectivity index (χ3v) is 5.89. The maximum absolute atomic E-state index is 13.2. The van der Waals surface area contributed by atoms with Gasteiger partial charge in [0, 0.05) is 31.7 Å². The summed E-state index contributed by atoms with van der Waals surface area (Å²) in [5.74, 6) is 0.450. The largest absolute Gasteiger partial charge is 0.376 e. The molecule has 188 valence electrons. The molecule has 0 spiro atoms. The second-order valence-corrected chi connectivity index (χ2v) is 9.77. The second kappa shape index (κ2) is 14.6. The van der Waals surface area contributed by atoms with Crippen LogP contribution in [0.5, 0.6) is 0 Å². The Bertz CT molecular complexity index is 868. The van der Waals surface area contributed by atoms with E-state index >= 15 is 0 Å². The number of nitrogens with one attached hydrogen (secondary N) is 1. The fourth-order valence-corrected chi connectivity index (χ4v) is 3.44. The number of aryl methyl sites for hydroxylation is 1. The first kappa shape index (κ1) is 29.4. The standard InChI is InChI=1S/C29H44N2O3/c1-9-23(5)26(10-2)31(21-25-14-12-11-13-24(25)6)28(33)16-19-30-27(32)15-18-29(7,8)34-20-17-22(3)4/h9-14,22H,1-2,15-21H2,3-8H3,(H,30,32)/b26-23+. The van der Waals surface area contributed by atoms with Crippen LogP contribution in [0, 0.1) is 12.8 Å². The Morgan fingerprint density at radius 3 is 2.41 bits per heavy atom. The monoisotopic (exact) mass is 468 g/mol. The first-order chi connectivity index (χ1) is 16.0. The van der Waals surface area contributed by atoms with Gasteiger partial charge in [-0.25, -0.2) is 0 Å². The summed E-state index contributed by atoms with van der Waals surface area (Å²) in [5.41, 5.74) is 3.44. The van der Waals surface area contributed by atoms with Gasteiger partial charge in [-0.3, -0.25) is 9.59 Å². The third-order valence-electron chi connectivity index (χ3n) is 5.89. The van der Waals surface area contributed by atoms with Gasteiger partial charge in [0.2, 0.25) is 11.8 Å². The lowest BCUT2D eigenvalue weighted by Crippen LogP contribution is -2.35. The maximum Gasteiger partial charge on any atom is 0.229 e. The van der Waals surface area contributed by atoms with Crippen molar-refractivity contribution in [3.63, 3.8) is 0 Å². The third kappa shape index (κ3) is 10.5. The fraction of sp³-hybridized carbons (Fsp3) is 0.517. The van der Waals surface area contributed by atoms with Gasteiger partial charge >= 0.3 is 0 Å². The molecule has 0 radical (unpaired) electrons. The van der Waals surface area contributed by atoms with Gasteiger partial charge in [0.05, 0.1) is 12.1 Å². The maximum atomic E-state index is 13.2. The van der Waals surface area contributed by atoms with Crippen LogP contribution in [0.3, 0.4) is 0 Å². The minimum Gasteiger partial charge on any atom is -0.376 e. The Kier molecular flexibility index (Phi) is 12.6. The van der Waals surface area contributed by atoms with E-state index in [4.69, 9.17) is 4.74 Å².